The summed E-state index contributed by atoms with van der Waals surface area (Å²) in [7, 11) is 0. The van der Waals surface area contributed by atoms with Gasteiger partial charge >= 0.3 is 12.0 Å². The molecule has 0 saturated carbocycles. The number of urea groups is 1. The number of rotatable bonds is 5. The molecule has 0 atom stereocenters. The Morgan fingerprint density at radius 3 is 2.38 bits per heavy atom. The highest BCUT2D eigenvalue weighted by molar-refractivity contribution is 6.02. The van der Waals surface area contributed by atoms with Crippen molar-refractivity contribution in [2.24, 2.45) is 5.73 Å². The van der Waals surface area contributed by atoms with Gasteiger partial charge in [-0.15, -0.1) is 0 Å². The fourth-order valence-corrected chi connectivity index (χ4v) is 1.68. The number of benzene rings is 1. The topological polar surface area (TPSA) is 141 Å². The first kappa shape index (κ1) is 16.7. The zero-order valence-electron chi connectivity index (χ0n) is 12.3. The molecule has 4 amide bonds. The lowest BCUT2D eigenvalue weighted by molar-refractivity contribution is -0.123. The monoisotopic (exact) mass is 331 g/mol. The van der Waals surface area contributed by atoms with E-state index < -0.39 is 30.4 Å². The van der Waals surface area contributed by atoms with Crippen LogP contribution in [0.4, 0.5) is 10.5 Å². The van der Waals surface area contributed by atoms with Crippen LogP contribution in [0.3, 0.4) is 0 Å². The Labute approximate surface area is 135 Å². The second-order valence-corrected chi connectivity index (χ2v) is 4.50. The number of primary amides is 1. The molecule has 0 unspecified atom stereocenters. The van der Waals surface area contributed by atoms with Crippen LogP contribution in [0.1, 0.15) is 20.9 Å². The first-order valence-corrected chi connectivity index (χ1v) is 6.67. The third-order valence-electron chi connectivity index (χ3n) is 2.72. The number of nitrogens with one attached hydrogen (secondary N) is 2. The van der Waals surface area contributed by atoms with E-state index in [4.69, 9.17) is 14.9 Å². The Morgan fingerprint density at radius 1 is 1.08 bits per heavy atom. The fraction of sp³-hybridized carbons (Fsp3) is 0.0667. The van der Waals surface area contributed by atoms with Gasteiger partial charge < -0.3 is 20.2 Å². The minimum absolute atomic E-state index is 0.152. The van der Waals surface area contributed by atoms with Crippen LogP contribution >= 0.6 is 0 Å². The summed E-state index contributed by atoms with van der Waals surface area (Å²) in [5, 5.41) is 4.34. The van der Waals surface area contributed by atoms with Crippen LogP contribution in [0.25, 0.3) is 0 Å². The van der Waals surface area contributed by atoms with E-state index in [1.54, 1.807) is 11.4 Å². The van der Waals surface area contributed by atoms with Crippen molar-refractivity contribution in [2.45, 2.75) is 0 Å². The van der Waals surface area contributed by atoms with Gasteiger partial charge in [-0.2, -0.15) is 0 Å². The highest BCUT2D eigenvalue weighted by Gasteiger charge is 2.12. The summed E-state index contributed by atoms with van der Waals surface area (Å²) < 4.78 is 9.66. The molecule has 0 radical (unpaired) electrons. The summed E-state index contributed by atoms with van der Waals surface area (Å²) in [6.45, 7) is -0.640. The summed E-state index contributed by atoms with van der Waals surface area (Å²) in [6, 6.07) is 7.85. The molecule has 4 N–H and O–H groups in total. The van der Waals surface area contributed by atoms with Crippen LogP contribution in [-0.2, 0) is 9.53 Å². The number of carbonyl (C=O) groups is 4. The third kappa shape index (κ3) is 4.70. The molecular weight excluding hydrogens is 318 g/mol. The molecular formula is C15H13N3O6. The smallest absolute Gasteiger partial charge is 0.338 e. The second kappa shape index (κ2) is 7.58. The summed E-state index contributed by atoms with van der Waals surface area (Å²) in [5.41, 5.74) is 5.36. The molecule has 24 heavy (non-hydrogen) atoms. The summed E-state index contributed by atoms with van der Waals surface area (Å²) >= 11 is 0. The lowest BCUT2D eigenvalue weighted by atomic mass is 10.2. The first-order chi connectivity index (χ1) is 11.5. The zero-order valence-corrected chi connectivity index (χ0v) is 12.3. The van der Waals surface area contributed by atoms with Gasteiger partial charge in [0, 0.05) is 5.69 Å². The van der Waals surface area contributed by atoms with E-state index in [1.807, 2.05) is 0 Å². The first-order valence-electron chi connectivity index (χ1n) is 6.67. The van der Waals surface area contributed by atoms with E-state index >= 15 is 0 Å². The molecule has 9 heteroatoms. The maximum atomic E-state index is 11.8. The number of ether oxygens (including phenoxy) is 1. The van der Waals surface area contributed by atoms with Crippen molar-refractivity contribution in [3.8, 4) is 0 Å². The molecule has 124 valence electrons. The number of imide groups is 1. The standard InChI is InChI=1S/C15H13N3O6/c16-15(22)18-12(19)8-24-14(21)9-3-5-10(6-4-9)17-13(20)11-2-1-7-23-11/h1-7H,8H2,(H,17,20)(H3,16,18,19,22). The molecule has 0 aliphatic carbocycles. The molecule has 1 heterocycles. The normalized spacial score (nSPS) is 9.83. The van der Waals surface area contributed by atoms with Gasteiger partial charge in [0.25, 0.3) is 11.8 Å². The van der Waals surface area contributed by atoms with Gasteiger partial charge in [-0.3, -0.25) is 14.9 Å². The second-order valence-electron chi connectivity index (χ2n) is 4.50. The van der Waals surface area contributed by atoms with Gasteiger partial charge in [-0.25, -0.2) is 9.59 Å². The Kier molecular flexibility index (Phi) is 5.29. The van der Waals surface area contributed by atoms with Crippen molar-refractivity contribution in [3.05, 3.63) is 54.0 Å². The van der Waals surface area contributed by atoms with Crippen molar-refractivity contribution < 1.29 is 28.3 Å². The Balaban J connectivity index is 1.89. The summed E-state index contributed by atoms with van der Waals surface area (Å²) in [5.74, 6) is -1.88. The fourth-order valence-electron chi connectivity index (χ4n) is 1.68. The van der Waals surface area contributed by atoms with Crippen LogP contribution in [0.15, 0.2) is 47.1 Å². The molecule has 0 aliphatic heterocycles. The van der Waals surface area contributed by atoms with Crippen LogP contribution in [0.5, 0.6) is 0 Å². The van der Waals surface area contributed by atoms with Crippen molar-refractivity contribution in [3.63, 3.8) is 0 Å². The number of furan rings is 1. The SMILES string of the molecule is NC(=O)NC(=O)COC(=O)c1ccc(NC(=O)c2ccco2)cc1. The van der Waals surface area contributed by atoms with E-state index in [-0.39, 0.29) is 11.3 Å². The van der Waals surface area contributed by atoms with Gasteiger partial charge in [0.1, 0.15) is 0 Å². The average Bonchev–Trinajstić information content (AvgIpc) is 3.07. The van der Waals surface area contributed by atoms with Gasteiger partial charge in [0.15, 0.2) is 12.4 Å². The number of esters is 1. The molecule has 1 aromatic heterocycles. The Hall–Kier alpha value is -3.62. The zero-order chi connectivity index (χ0) is 17.5. The van der Waals surface area contributed by atoms with Gasteiger partial charge in [0.2, 0.25) is 0 Å². The molecule has 1 aromatic carbocycles. The Bertz CT molecular complexity index is 752. The maximum Gasteiger partial charge on any atom is 0.338 e. The number of nitrogens with two attached hydrogens (primary N) is 1. The predicted octanol–water partition coefficient (Wildman–Crippen LogP) is 0.884. The highest BCUT2D eigenvalue weighted by Crippen LogP contribution is 2.12. The van der Waals surface area contributed by atoms with Crippen LogP contribution in [0.2, 0.25) is 0 Å². The molecule has 0 saturated heterocycles. The van der Waals surface area contributed by atoms with E-state index in [9.17, 15) is 19.2 Å². The molecule has 2 aromatic rings. The highest BCUT2D eigenvalue weighted by atomic mass is 16.5. The number of hydrogen-bond donors (Lipinski definition) is 3. The molecule has 2 rings (SSSR count). The molecule has 0 spiro atoms. The van der Waals surface area contributed by atoms with Crippen LogP contribution in [-0.4, -0.2) is 30.4 Å². The van der Waals surface area contributed by atoms with E-state index in [2.05, 4.69) is 5.32 Å². The van der Waals surface area contributed by atoms with Crippen LogP contribution < -0.4 is 16.4 Å². The minimum atomic E-state index is -1.03. The van der Waals surface area contributed by atoms with Gasteiger partial charge in [-0.05, 0) is 36.4 Å². The van der Waals surface area contributed by atoms with Crippen molar-refractivity contribution in [1.29, 1.82) is 0 Å². The maximum absolute atomic E-state index is 11.8. The van der Waals surface area contributed by atoms with Gasteiger partial charge in [-0.1, -0.05) is 0 Å². The third-order valence-corrected chi connectivity index (χ3v) is 2.72. The molecule has 0 fully saturated rings. The molecule has 0 aliphatic rings. The number of amides is 4. The lowest BCUT2D eigenvalue weighted by Gasteiger charge is -2.06. The van der Waals surface area contributed by atoms with Crippen molar-refractivity contribution in [1.82, 2.24) is 5.32 Å². The van der Waals surface area contributed by atoms with E-state index in [0.29, 0.717) is 5.69 Å². The summed E-state index contributed by atoms with van der Waals surface area (Å²) in [6.07, 6.45) is 1.38. The predicted molar refractivity (Wildman–Crippen MR) is 81.1 cm³/mol. The molecule has 9 nitrogen and oxygen atoms in total. The number of carbonyl (C=O) groups excluding carboxylic acids is 4. The van der Waals surface area contributed by atoms with Crippen LogP contribution in [0, 0.1) is 0 Å². The summed E-state index contributed by atoms with van der Waals surface area (Å²) in [4.78, 5) is 45.1. The van der Waals surface area contributed by atoms with Crippen molar-refractivity contribution >= 4 is 29.5 Å². The van der Waals surface area contributed by atoms with E-state index in [0.717, 1.165) is 0 Å². The van der Waals surface area contributed by atoms with Gasteiger partial charge in [0.05, 0.1) is 11.8 Å². The molecule has 0 bridgehead atoms. The largest absolute Gasteiger partial charge is 0.459 e. The number of hydrogen-bond acceptors (Lipinski definition) is 6. The quantitative estimate of drug-likeness (QED) is 0.695. The van der Waals surface area contributed by atoms with Crippen molar-refractivity contribution in [2.75, 3.05) is 11.9 Å². The average molecular weight is 331 g/mol. The number of anilines is 1. The van der Waals surface area contributed by atoms with E-state index in [1.165, 1.54) is 36.6 Å². The lowest BCUT2D eigenvalue weighted by Crippen LogP contribution is -2.37. The minimum Gasteiger partial charge on any atom is -0.459 e. The Morgan fingerprint density at radius 2 is 1.79 bits per heavy atom.